The normalized spacial score (nSPS) is 35.8. The Labute approximate surface area is 144 Å². The quantitative estimate of drug-likeness (QED) is 0.581. The zero-order valence-corrected chi connectivity index (χ0v) is 14.6. The Morgan fingerprint density at radius 3 is 2.04 bits per heavy atom. The molecule has 6 nitrogen and oxygen atoms in total. The highest BCUT2D eigenvalue weighted by Gasteiger charge is 2.56. The predicted molar refractivity (Wildman–Crippen MR) is 79.6 cm³/mol. The van der Waals surface area contributed by atoms with Crippen molar-refractivity contribution in [3.8, 4) is 0 Å². The fourth-order valence-electron chi connectivity index (χ4n) is 5.14. The average Bonchev–Trinajstić information content (AvgIpc) is 2.44. The maximum absolute atomic E-state index is 12.6. The van der Waals surface area contributed by atoms with Gasteiger partial charge in [-0.1, -0.05) is 4.47 Å². The maximum Gasteiger partial charge on any atom is 0.513 e. The number of halogens is 3. The summed E-state index contributed by atoms with van der Waals surface area (Å²) in [5.41, 5.74) is -6.20. The second-order valence-electron chi connectivity index (χ2n) is 7.87. The molecule has 4 fully saturated rings. The Morgan fingerprint density at radius 2 is 1.64 bits per heavy atom. The molecule has 144 valence electrons. The van der Waals surface area contributed by atoms with Gasteiger partial charge >= 0.3 is 21.5 Å². The molecular weight excluding hydrogens is 363 g/mol. The van der Waals surface area contributed by atoms with Gasteiger partial charge in [-0.15, -0.1) is 0 Å². The second kappa shape index (κ2) is 6.09. The van der Waals surface area contributed by atoms with Crippen LogP contribution in [0.15, 0.2) is 0 Å². The van der Waals surface area contributed by atoms with Crippen LogP contribution in [0.3, 0.4) is 0 Å². The lowest BCUT2D eigenvalue weighted by Crippen LogP contribution is -2.51. The van der Waals surface area contributed by atoms with Crippen molar-refractivity contribution >= 4 is 16.0 Å². The molecule has 0 amide bonds. The minimum atomic E-state index is -5.85. The van der Waals surface area contributed by atoms with Gasteiger partial charge in [-0.25, -0.2) is 8.42 Å². The molecule has 4 saturated carbocycles. The Balaban J connectivity index is 1.62. The average molecular weight is 385 g/mol. The molecule has 0 spiro atoms. The summed E-state index contributed by atoms with van der Waals surface area (Å²) in [6.07, 6.45) is 4.38. The van der Waals surface area contributed by atoms with Crippen LogP contribution in [0.1, 0.15) is 45.4 Å². The van der Waals surface area contributed by atoms with E-state index >= 15 is 0 Å². The van der Waals surface area contributed by atoms with E-state index in [-0.39, 0.29) is 0 Å². The zero-order chi connectivity index (χ0) is 18.6. The largest absolute Gasteiger partial charge is 0.513 e. The lowest BCUT2D eigenvalue weighted by atomic mass is 9.49. The van der Waals surface area contributed by atoms with Gasteiger partial charge in [0.05, 0.1) is 12.0 Å². The van der Waals surface area contributed by atoms with Crippen LogP contribution in [0.2, 0.25) is 0 Å². The molecule has 1 N–H and O–H groups in total. The van der Waals surface area contributed by atoms with Crippen molar-refractivity contribution in [3.05, 3.63) is 0 Å². The molecule has 0 aromatic heterocycles. The SMILES string of the molecule is CC(CN(O)S(=O)(=O)C(F)(F)F)OC(=O)C12CC3CC(CC(C3)C1)C2. The monoisotopic (exact) mass is 385 g/mol. The van der Waals surface area contributed by atoms with E-state index in [9.17, 15) is 31.6 Å². The first-order chi connectivity index (χ1) is 11.4. The van der Waals surface area contributed by atoms with Gasteiger partial charge in [-0.2, -0.15) is 13.2 Å². The highest BCUT2D eigenvalue weighted by molar-refractivity contribution is 7.89. The van der Waals surface area contributed by atoms with Gasteiger partial charge in [0.2, 0.25) is 0 Å². The number of sulfonamides is 1. The molecule has 25 heavy (non-hydrogen) atoms. The van der Waals surface area contributed by atoms with E-state index in [4.69, 9.17) is 4.74 Å². The first-order valence-electron chi connectivity index (χ1n) is 8.42. The van der Waals surface area contributed by atoms with Gasteiger partial charge in [-0.05, 0) is 63.2 Å². The number of hydrogen-bond acceptors (Lipinski definition) is 5. The minimum Gasteiger partial charge on any atom is -0.461 e. The van der Waals surface area contributed by atoms with Gasteiger partial charge in [0.15, 0.2) is 0 Å². The number of hydrogen-bond donors (Lipinski definition) is 1. The van der Waals surface area contributed by atoms with Gasteiger partial charge in [-0.3, -0.25) is 10.0 Å². The molecule has 0 aliphatic heterocycles. The van der Waals surface area contributed by atoms with Crippen molar-refractivity contribution in [2.24, 2.45) is 23.2 Å². The van der Waals surface area contributed by atoms with E-state index in [0.717, 1.165) is 38.5 Å². The number of alkyl halides is 3. The summed E-state index contributed by atoms with van der Waals surface area (Å²) in [5.74, 6) is 1.01. The number of carbonyl (C=O) groups is 1. The summed E-state index contributed by atoms with van der Waals surface area (Å²) in [6, 6.07) is 0. The number of hydroxylamine groups is 1. The van der Waals surface area contributed by atoms with E-state index in [2.05, 4.69) is 0 Å². The van der Waals surface area contributed by atoms with Crippen LogP contribution in [-0.2, 0) is 19.6 Å². The Kier molecular flexibility index (Phi) is 4.61. The van der Waals surface area contributed by atoms with Crippen LogP contribution >= 0.6 is 0 Å². The Bertz CT molecular complexity index is 613. The van der Waals surface area contributed by atoms with Crippen LogP contribution in [0.25, 0.3) is 0 Å². The van der Waals surface area contributed by atoms with Crippen LogP contribution in [0.4, 0.5) is 13.2 Å². The summed E-state index contributed by atoms with van der Waals surface area (Å²) in [7, 11) is -5.85. The first-order valence-corrected chi connectivity index (χ1v) is 9.86. The maximum atomic E-state index is 12.6. The van der Waals surface area contributed by atoms with E-state index in [1.807, 2.05) is 0 Å². The van der Waals surface area contributed by atoms with Gasteiger partial charge in [0.1, 0.15) is 6.10 Å². The van der Waals surface area contributed by atoms with Crippen LogP contribution in [-0.4, -0.2) is 42.2 Å². The van der Waals surface area contributed by atoms with E-state index < -0.39 is 44.0 Å². The highest BCUT2D eigenvalue weighted by atomic mass is 32.2. The minimum absolute atomic E-state index is 0.475. The number of rotatable bonds is 5. The number of ether oxygens (including phenoxy) is 1. The summed E-state index contributed by atoms with van der Waals surface area (Å²) in [5, 5.41) is 9.26. The molecule has 4 rings (SSSR count). The van der Waals surface area contributed by atoms with Crippen molar-refractivity contribution in [1.29, 1.82) is 0 Å². The molecule has 4 bridgehead atoms. The molecule has 4 aliphatic carbocycles. The molecule has 1 unspecified atom stereocenters. The van der Waals surface area contributed by atoms with Crippen molar-refractivity contribution in [2.75, 3.05) is 6.54 Å². The fourth-order valence-corrected chi connectivity index (χ4v) is 5.79. The van der Waals surface area contributed by atoms with E-state index in [0.29, 0.717) is 17.8 Å². The number of carbonyl (C=O) groups excluding carboxylic acids is 1. The molecule has 10 heteroatoms. The molecule has 0 aromatic carbocycles. The van der Waals surface area contributed by atoms with Crippen molar-refractivity contribution in [1.82, 2.24) is 4.47 Å². The molecule has 4 aliphatic rings. The lowest BCUT2D eigenvalue weighted by molar-refractivity contribution is -0.179. The lowest BCUT2D eigenvalue weighted by Gasteiger charge is -2.55. The van der Waals surface area contributed by atoms with Gasteiger partial charge < -0.3 is 4.74 Å². The third-order valence-corrected chi connectivity index (χ3v) is 7.05. The highest BCUT2D eigenvalue weighted by Crippen LogP contribution is 2.60. The molecule has 0 radical (unpaired) electrons. The zero-order valence-electron chi connectivity index (χ0n) is 13.8. The third kappa shape index (κ3) is 3.40. The summed E-state index contributed by atoms with van der Waals surface area (Å²) in [6.45, 7) is 0.313. The standard InChI is InChI=1S/C15H22F3NO5S/c1-9(8-19(21)25(22,23)15(16,17)18)24-13(20)14-5-10-2-11(6-14)4-12(3-10)7-14/h9-12,21H,2-8H2,1H3. The van der Waals surface area contributed by atoms with Crippen molar-refractivity contribution in [3.63, 3.8) is 0 Å². The fraction of sp³-hybridized carbons (Fsp3) is 0.933. The Morgan fingerprint density at radius 1 is 1.20 bits per heavy atom. The van der Waals surface area contributed by atoms with E-state index in [1.165, 1.54) is 6.92 Å². The predicted octanol–water partition coefficient (Wildman–Crippen LogP) is 2.68. The van der Waals surface area contributed by atoms with E-state index in [1.54, 1.807) is 0 Å². The second-order valence-corrected chi connectivity index (χ2v) is 9.70. The van der Waals surface area contributed by atoms with Crippen molar-refractivity contribution < 1.29 is 36.3 Å². The first kappa shape index (κ1) is 18.9. The Hall–Kier alpha value is -0.870. The topological polar surface area (TPSA) is 83.9 Å². The molecule has 0 aromatic rings. The summed E-state index contributed by atoms with van der Waals surface area (Å²) < 4.78 is 63.9. The summed E-state index contributed by atoms with van der Waals surface area (Å²) in [4.78, 5) is 12.6. The summed E-state index contributed by atoms with van der Waals surface area (Å²) >= 11 is 0. The third-order valence-electron chi connectivity index (χ3n) is 5.76. The molecule has 0 saturated heterocycles. The molecule has 1 atom stereocenters. The van der Waals surface area contributed by atoms with Crippen LogP contribution in [0, 0.1) is 23.2 Å². The van der Waals surface area contributed by atoms with Crippen molar-refractivity contribution in [2.45, 2.75) is 57.1 Å². The molecule has 0 heterocycles. The molecular formula is C15H22F3NO5S. The number of esters is 1. The van der Waals surface area contributed by atoms with Crippen LogP contribution < -0.4 is 0 Å². The number of nitrogens with zero attached hydrogens (tertiary/aromatic N) is 1. The van der Waals surface area contributed by atoms with Crippen LogP contribution in [0.5, 0.6) is 0 Å². The van der Waals surface area contributed by atoms with Gasteiger partial charge in [0.25, 0.3) is 0 Å². The van der Waals surface area contributed by atoms with Gasteiger partial charge in [0, 0.05) is 0 Å². The smallest absolute Gasteiger partial charge is 0.461 e.